The van der Waals surface area contributed by atoms with Crippen LogP contribution < -0.4 is 4.74 Å². The van der Waals surface area contributed by atoms with Gasteiger partial charge in [-0.15, -0.1) is 0 Å². The van der Waals surface area contributed by atoms with Gasteiger partial charge in [-0.3, -0.25) is 0 Å². The molecule has 2 aromatic rings. The van der Waals surface area contributed by atoms with Crippen molar-refractivity contribution in [1.82, 2.24) is 9.55 Å². The number of hydrogen-bond donors (Lipinski definition) is 1. The standard InChI is InChI=1S/C13H18N2O2S/c1-4-17-9(2)8-15-10-6-5-7-11(16-3)12(10)14-13(15)18/h5-7,9H,4,8H2,1-3H3,(H,14,18). The summed E-state index contributed by atoms with van der Waals surface area (Å²) in [7, 11) is 1.66. The van der Waals surface area contributed by atoms with Crippen molar-refractivity contribution < 1.29 is 9.47 Å². The van der Waals surface area contributed by atoms with Gasteiger partial charge < -0.3 is 19.0 Å². The van der Waals surface area contributed by atoms with Gasteiger partial charge >= 0.3 is 0 Å². The zero-order valence-electron chi connectivity index (χ0n) is 10.9. The first-order valence-corrected chi connectivity index (χ1v) is 6.45. The monoisotopic (exact) mass is 266 g/mol. The summed E-state index contributed by atoms with van der Waals surface area (Å²) < 4.78 is 13.6. The highest BCUT2D eigenvalue weighted by Gasteiger charge is 2.11. The van der Waals surface area contributed by atoms with Crippen LogP contribution in [0.25, 0.3) is 11.0 Å². The molecule has 0 radical (unpaired) electrons. The Morgan fingerprint density at radius 3 is 2.89 bits per heavy atom. The van der Waals surface area contributed by atoms with E-state index in [9.17, 15) is 0 Å². The lowest BCUT2D eigenvalue weighted by Crippen LogP contribution is -2.16. The van der Waals surface area contributed by atoms with Gasteiger partial charge in [0.15, 0.2) is 4.77 Å². The number of ether oxygens (including phenoxy) is 2. The molecule has 5 heteroatoms. The second-order valence-electron chi connectivity index (χ2n) is 4.16. The highest BCUT2D eigenvalue weighted by molar-refractivity contribution is 7.71. The molecule has 4 nitrogen and oxygen atoms in total. The normalized spacial score (nSPS) is 12.8. The maximum absolute atomic E-state index is 5.56. The predicted octanol–water partition coefficient (Wildman–Crippen LogP) is 3.13. The van der Waals surface area contributed by atoms with Gasteiger partial charge in [-0.1, -0.05) is 6.07 Å². The van der Waals surface area contributed by atoms with Crippen molar-refractivity contribution in [2.24, 2.45) is 0 Å². The van der Waals surface area contributed by atoms with Gasteiger partial charge in [-0.2, -0.15) is 0 Å². The number of aromatic amines is 1. The Balaban J connectivity index is 2.45. The number of nitrogens with zero attached hydrogens (tertiary/aromatic N) is 1. The topological polar surface area (TPSA) is 39.2 Å². The van der Waals surface area contributed by atoms with E-state index in [4.69, 9.17) is 21.7 Å². The van der Waals surface area contributed by atoms with E-state index in [0.29, 0.717) is 11.4 Å². The minimum atomic E-state index is 0.131. The number of nitrogens with one attached hydrogen (secondary N) is 1. The van der Waals surface area contributed by atoms with Crippen molar-refractivity contribution in [3.05, 3.63) is 23.0 Å². The fourth-order valence-corrected chi connectivity index (χ4v) is 2.37. The van der Waals surface area contributed by atoms with Gasteiger partial charge in [0.05, 0.1) is 25.3 Å². The largest absolute Gasteiger partial charge is 0.494 e. The van der Waals surface area contributed by atoms with E-state index in [2.05, 4.69) is 4.98 Å². The van der Waals surface area contributed by atoms with Crippen LogP contribution in [-0.4, -0.2) is 29.4 Å². The Bertz CT molecular complexity index is 588. The quantitative estimate of drug-likeness (QED) is 0.845. The van der Waals surface area contributed by atoms with Gasteiger partial charge in [0, 0.05) is 6.61 Å². The number of imidazole rings is 1. The lowest BCUT2D eigenvalue weighted by molar-refractivity contribution is 0.0645. The van der Waals surface area contributed by atoms with Crippen LogP contribution in [0.2, 0.25) is 0 Å². The molecule has 1 heterocycles. The summed E-state index contributed by atoms with van der Waals surface area (Å²) in [6, 6.07) is 5.92. The first-order valence-electron chi connectivity index (χ1n) is 6.04. The van der Waals surface area contributed by atoms with E-state index < -0.39 is 0 Å². The maximum Gasteiger partial charge on any atom is 0.178 e. The fourth-order valence-electron chi connectivity index (χ4n) is 2.10. The summed E-state index contributed by atoms with van der Waals surface area (Å²) in [4.78, 5) is 3.19. The number of rotatable bonds is 5. The van der Waals surface area contributed by atoms with Gasteiger partial charge in [0.25, 0.3) is 0 Å². The Kier molecular flexibility index (Phi) is 4.04. The molecule has 0 saturated carbocycles. The molecule has 98 valence electrons. The molecule has 0 bridgehead atoms. The van der Waals surface area contributed by atoms with Crippen LogP contribution in [0.15, 0.2) is 18.2 Å². The zero-order chi connectivity index (χ0) is 13.1. The summed E-state index contributed by atoms with van der Waals surface area (Å²) in [5.74, 6) is 0.807. The van der Waals surface area contributed by atoms with Crippen LogP contribution >= 0.6 is 12.2 Å². The third-order valence-electron chi connectivity index (χ3n) is 2.88. The van der Waals surface area contributed by atoms with E-state index in [0.717, 1.165) is 23.3 Å². The average molecular weight is 266 g/mol. The van der Waals surface area contributed by atoms with Crippen LogP contribution in [-0.2, 0) is 11.3 Å². The number of aromatic nitrogens is 2. The van der Waals surface area contributed by atoms with Gasteiger partial charge in [-0.05, 0) is 38.2 Å². The molecule has 0 aliphatic heterocycles. The van der Waals surface area contributed by atoms with E-state index in [1.165, 1.54) is 0 Å². The zero-order valence-corrected chi connectivity index (χ0v) is 11.7. The maximum atomic E-state index is 5.56. The van der Waals surface area contributed by atoms with E-state index >= 15 is 0 Å². The molecule has 0 spiro atoms. The van der Waals surface area contributed by atoms with Crippen LogP contribution in [0.4, 0.5) is 0 Å². The third kappa shape index (κ3) is 2.42. The molecular formula is C13H18N2O2S. The number of hydrogen-bond acceptors (Lipinski definition) is 3. The van der Waals surface area contributed by atoms with Crippen LogP contribution in [0, 0.1) is 4.77 Å². The SMILES string of the molecule is CCOC(C)Cn1c(=S)[nH]c2c(OC)cccc21. The number of fused-ring (bicyclic) bond motifs is 1. The minimum absolute atomic E-state index is 0.131. The molecule has 18 heavy (non-hydrogen) atoms. The fraction of sp³-hybridized carbons (Fsp3) is 0.462. The number of para-hydroxylation sites is 1. The number of benzene rings is 1. The van der Waals surface area contributed by atoms with E-state index in [-0.39, 0.29) is 6.10 Å². The number of methoxy groups -OCH3 is 1. The van der Waals surface area contributed by atoms with Crippen molar-refractivity contribution in [3.8, 4) is 5.75 Å². The highest BCUT2D eigenvalue weighted by atomic mass is 32.1. The Hall–Kier alpha value is -1.33. The molecule has 1 N–H and O–H groups in total. The van der Waals surface area contributed by atoms with E-state index in [1.807, 2.05) is 36.6 Å². The summed E-state index contributed by atoms with van der Waals surface area (Å²) >= 11 is 5.36. The van der Waals surface area contributed by atoms with E-state index in [1.54, 1.807) is 7.11 Å². The molecule has 1 atom stereocenters. The minimum Gasteiger partial charge on any atom is -0.494 e. The summed E-state index contributed by atoms with van der Waals surface area (Å²) in [5, 5.41) is 0. The molecule has 0 fully saturated rings. The molecule has 1 aromatic heterocycles. The second kappa shape index (κ2) is 5.54. The molecule has 1 aromatic carbocycles. The first kappa shape index (κ1) is 13.1. The Morgan fingerprint density at radius 2 is 2.22 bits per heavy atom. The molecule has 0 aliphatic carbocycles. The Morgan fingerprint density at radius 1 is 1.44 bits per heavy atom. The summed E-state index contributed by atoms with van der Waals surface area (Å²) in [6.07, 6.45) is 0.131. The van der Waals surface area contributed by atoms with Crippen molar-refractivity contribution in [3.63, 3.8) is 0 Å². The van der Waals surface area contributed by atoms with Crippen molar-refractivity contribution in [2.45, 2.75) is 26.5 Å². The van der Waals surface area contributed by atoms with Gasteiger partial charge in [0.1, 0.15) is 11.3 Å². The van der Waals surface area contributed by atoms with Crippen molar-refractivity contribution in [2.75, 3.05) is 13.7 Å². The summed E-state index contributed by atoms with van der Waals surface area (Å²) in [5.41, 5.74) is 1.99. The van der Waals surface area contributed by atoms with Crippen molar-refractivity contribution >= 4 is 23.3 Å². The molecule has 0 saturated heterocycles. The second-order valence-corrected chi connectivity index (χ2v) is 4.55. The molecular weight excluding hydrogens is 248 g/mol. The lowest BCUT2D eigenvalue weighted by Gasteiger charge is -2.13. The summed E-state index contributed by atoms with van der Waals surface area (Å²) in [6.45, 7) is 5.48. The van der Waals surface area contributed by atoms with Crippen LogP contribution in [0.1, 0.15) is 13.8 Å². The molecule has 0 aliphatic rings. The van der Waals surface area contributed by atoms with Crippen molar-refractivity contribution in [1.29, 1.82) is 0 Å². The highest BCUT2D eigenvalue weighted by Crippen LogP contribution is 2.24. The lowest BCUT2D eigenvalue weighted by atomic mass is 10.3. The molecule has 1 unspecified atom stereocenters. The predicted molar refractivity (Wildman–Crippen MR) is 74.8 cm³/mol. The van der Waals surface area contributed by atoms with Crippen LogP contribution in [0.5, 0.6) is 5.75 Å². The number of H-pyrrole nitrogens is 1. The first-order chi connectivity index (χ1) is 8.67. The smallest absolute Gasteiger partial charge is 0.178 e. The van der Waals surface area contributed by atoms with Crippen LogP contribution in [0.3, 0.4) is 0 Å². The molecule has 0 amide bonds. The molecule has 2 rings (SSSR count). The Labute approximate surface area is 112 Å². The average Bonchev–Trinajstić information content (AvgIpc) is 2.66. The van der Waals surface area contributed by atoms with Gasteiger partial charge in [0.2, 0.25) is 0 Å². The third-order valence-corrected chi connectivity index (χ3v) is 3.21. The van der Waals surface area contributed by atoms with Gasteiger partial charge in [-0.25, -0.2) is 0 Å².